The molecule has 104 valence electrons. The summed E-state index contributed by atoms with van der Waals surface area (Å²) < 4.78 is 33.7. The molecule has 0 aliphatic carbocycles. The maximum Gasteiger partial charge on any atom is 0.297 e. The van der Waals surface area contributed by atoms with E-state index in [0.29, 0.717) is 5.75 Å². The standard InChI is InChI=1S/C14H18O4S/c1-4-6-7-10-18-19(15,16)13-9-8-12(3)14(11-13)17-5-2/h2,8-9,11H,4,6-7,10H2,1,3H3. The van der Waals surface area contributed by atoms with Crippen LogP contribution >= 0.6 is 0 Å². The van der Waals surface area contributed by atoms with Crippen LogP contribution in [0.2, 0.25) is 0 Å². The maximum absolute atomic E-state index is 11.9. The van der Waals surface area contributed by atoms with Gasteiger partial charge in [-0.05, 0) is 25.0 Å². The number of ether oxygens (including phenoxy) is 1. The molecule has 0 amide bonds. The molecule has 0 atom stereocenters. The summed E-state index contributed by atoms with van der Waals surface area (Å²) in [6.07, 6.45) is 9.74. The number of terminal acetylenes is 1. The van der Waals surface area contributed by atoms with Crippen LogP contribution in [0.3, 0.4) is 0 Å². The van der Waals surface area contributed by atoms with Crippen molar-refractivity contribution in [1.29, 1.82) is 0 Å². The van der Waals surface area contributed by atoms with Gasteiger partial charge in [0, 0.05) is 6.07 Å². The molecular formula is C14H18O4S. The SMILES string of the molecule is C#COc1cc(S(=O)(=O)OCCCCC)ccc1C. The molecule has 4 nitrogen and oxygen atoms in total. The highest BCUT2D eigenvalue weighted by atomic mass is 32.2. The fourth-order valence-electron chi connectivity index (χ4n) is 1.50. The van der Waals surface area contributed by atoms with E-state index in [2.05, 4.69) is 0 Å². The minimum absolute atomic E-state index is 0.0554. The van der Waals surface area contributed by atoms with E-state index >= 15 is 0 Å². The number of hydrogen-bond donors (Lipinski definition) is 0. The van der Waals surface area contributed by atoms with E-state index in [9.17, 15) is 8.42 Å². The average molecular weight is 282 g/mol. The molecule has 0 spiro atoms. The first-order chi connectivity index (χ1) is 9.01. The minimum atomic E-state index is -3.75. The molecule has 0 bridgehead atoms. The summed E-state index contributed by atoms with van der Waals surface area (Å²) in [5, 5.41) is 0. The molecule has 0 heterocycles. The van der Waals surface area contributed by atoms with Crippen molar-refractivity contribution < 1.29 is 17.3 Å². The predicted octanol–water partition coefficient (Wildman–Crippen LogP) is 2.86. The quantitative estimate of drug-likeness (QED) is 0.438. The monoisotopic (exact) mass is 282 g/mol. The summed E-state index contributed by atoms with van der Waals surface area (Å²) >= 11 is 0. The van der Waals surface area contributed by atoms with Crippen molar-refractivity contribution in [3.05, 3.63) is 23.8 Å². The third kappa shape index (κ3) is 4.58. The predicted molar refractivity (Wildman–Crippen MR) is 73.3 cm³/mol. The zero-order chi connectivity index (χ0) is 14.3. The first-order valence-corrected chi connectivity index (χ1v) is 7.54. The third-order valence-electron chi connectivity index (χ3n) is 2.60. The van der Waals surface area contributed by atoms with Crippen molar-refractivity contribution in [2.24, 2.45) is 0 Å². The van der Waals surface area contributed by atoms with Gasteiger partial charge in [-0.1, -0.05) is 32.3 Å². The first kappa shape index (κ1) is 15.5. The van der Waals surface area contributed by atoms with Crippen molar-refractivity contribution in [1.82, 2.24) is 0 Å². The van der Waals surface area contributed by atoms with E-state index in [0.717, 1.165) is 24.8 Å². The molecule has 0 aliphatic rings. The molecule has 19 heavy (non-hydrogen) atoms. The van der Waals surface area contributed by atoms with Crippen molar-refractivity contribution in [2.75, 3.05) is 6.61 Å². The van der Waals surface area contributed by atoms with Gasteiger partial charge in [0.1, 0.15) is 11.9 Å². The maximum atomic E-state index is 11.9. The van der Waals surface area contributed by atoms with E-state index < -0.39 is 10.1 Å². The van der Waals surface area contributed by atoms with Gasteiger partial charge in [0.05, 0.1) is 11.5 Å². The Balaban J connectivity index is 2.84. The Bertz CT molecular complexity index is 555. The van der Waals surface area contributed by atoms with E-state index in [1.807, 2.05) is 13.0 Å². The normalized spacial score (nSPS) is 11.0. The molecule has 0 aromatic heterocycles. The molecule has 0 fully saturated rings. The number of hydrogen-bond acceptors (Lipinski definition) is 4. The van der Waals surface area contributed by atoms with Gasteiger partial charge in [0.25, 0.3) is 10.1 Å². The summed E-state index contributed by atoms with van der Waals surface area (Å²) in [4.78, 5) is 0.0554. The second-order valence-electron chi connectivity index (χ2n) is 4.13. The highest BCUT2D eigenvalue weighted by molar-refractivity contribution is 7.86. The molecule has 0 saturated heterocycles. The summed E-state index contributed by atoms with van der Waals surface area (Å²) in [6.45, 7) is 4.01. The number of aryl methyl sites for hydroxylation is 1. The lowest BCUT2D eigenvalue weighted by Crippen LogP contribution is -2.08. The summed E-state index contributed by atoms with van der Waals surface area (Å²) in [5.41, 5.74) is 0.767. The van der Waals surface area contributed by atoms with E-state index in [-0.39, 0.29) is 11.5 Å². The summed E-state index contributed by atoms with van der Waals surface area (Å²) in [6, 6.07) is 4.49. The Morgan fingerprint density at radius 1 is 1.32 bits per heavy atom. The largest absolute Gasteiger partial charge is 0.408 e. The zero-order valence-corrected chi connectivity index (χ0v) is 12.0. The van der Waals surface area contributed by atoms with Crippen LogP contribution in [0.5, 0.6) is 5.75 Å². The van der Waals surface area contributed by atoms with Crippen molar-refractivity contribution in [2.45, 2.75) is 38.0 Å². The van der Waals surface area contributed by atoms with Crippen LogP contribution < -0.4 is 4.74 Å². The minimum Gasteiger partial charge on any atom is -0.408 e. The molecule has 0 aliphatic heterocycles. The Labute approximate surface area is 114 Å². The van der Waals surface area contributed by atoms with Crippen molar-refractivity contribution in [3.8, 4) is 18.3 Å². The smallest absolute Gasteiger partial charge is 0.297 e. The average Bonchev–Trinajstić information content (AvgIpc) is 2.37. The van der Waals surface area contributed by atoms with E-state index in [1.165, 1.54) is 12.1 Å². The van der Waals surface area contributed by atoms with Crippen LogP contribution in [0.15, 0.2) is 23.1 Å². The summed E-state index contributed by atoms with van der Waals surface area (Å²) in [7, 11) is -3.75. The molecule has 0 unspecified atom stereocenters. The van der Waals surface area contributed by atoms with Gasteiger partial charge < -0.3 is 4.74 Å². The van der Waals surface area contributed by atoms with E-state index in [1.54, 1.807) is 13.0 Å². The Morgan fingerprint density at radius 2 is 2.05 bits per heavy atom. The molecular weight excluding hydrogens is 264 g/mol. The second kappa shape index (κ2) is 7.17. The molecule has 0 saturated carbocycles. The van der Waals surface area contributed by atoms with Crippen LogP contribution in [-0.4, -0.2) is 15.0 Å². The highest BCUT2D eigenvalue weighted by Gasteiger charge is 2.16. The molecule has 5 heteroatoms. The molecule has 0 radical (unpaired) electrons. The summed E-state index contributed by atoms with van der Waals surface area (Å²) in [5.74, 6) is 0.348. The Hall–Kier alpha value is -1.51. The lowest BCUT2D eigenvalue weighted by molar-refractivity contribution is 0.308. The fraction of sp³-hybridized carbons (Fsp3) is 0.429. The fourth-order valence-corrected chi connectivity index (χ4v) is 2.46. The van der Waals surface area contributed by atoms with Gasteiger partial charge in [-0.25, -0.2) is 0 Å². The Morgan fingerprint density at radius 3 is 2.68 bits per heavy atom. The van der Waals surface area contributed by atoms with Crippen molar-refractivity contribution >= 4 is 10.1 Å². The molecule has 1 aromatic rings. The van der Waals surface area contributed by atoms with E-state index in [4.69, 9.17) is 15.3 Å². The van der Waals surface area contributed by atoms with Gasteiger partial charge in [0.2, 0.25) is 0 Å². The topological polar surface area (TPSA) is 52.6 Å². The molecule has 1 rings (SSSR count). The lowest BCUT2D eigenvalue weighted by Gasteiger charge is -2.08. The molecule has 0 N–H and O–H groups in total. The van der Waals surface area contributed by atoms with Gasteiger partial charge >= 0.3 is 0 Å². The van der Waals surface area contributed by atoms with Crippen molar-refractivity contribution in [3.63, 3.8) is 0 Å². The third-order valence-corrected chi connectivity index (χ3v) is 3.91. The number of benzene rings is 1. The van der Waals surface area contributed by atoms with Crippen LogP contribution in [0.4, 0.5) is 0 Å². The van der Waals surface area contributed by atoms with Crippen LogP contribution in [0.1, 0.15) is 31.7 Å². The van der Waals surface area contributed by atoms with Gasteiger partial charge in [-0.15, -0.1) is 0 Å². The van der Waals surface area contributed by atoms with Crippen LogP contribution in [0.25, 0.3) is 0 Å². The van der Waals surface area contributed by atoms with Gasteiger partial charge in [-0.3, -0.25) is 4.18 Å². The van der Waals surface area contributed by atoms with Gasteiger partial charge in [0.15, 0.2) is 0 Å². The lowest BCUT2D eigenvalue weighted by atomic mass is 10.2. The highest BCUT2D eigenvalue weighted by Crippen LogP contribution is 2.23. The number of rotatable bonds is 7. The first-order valence-electron chi connectivity index (χ1n) is 6.13. The van der Waals surface area contributed by atoms with Gasteiger partial charge in [-0.2, -0.15) is 8.42 Å². The second-order valence-corrected chi connectivity index (χ2v) is 5.75. The Kier molecular flexibility index (Phi) is 5.87. The van der Waals surface area contributed by atoms with Crippen LogP contribution in [-0.2, 0) is 14.3 Å². The molecule has 1 aromatic carbocycles. The zero-order valence-electron chi connectivity index (χ0n) is 11.2. The number of unbranched alkanes of at least 4 members (excludes halogenated alkanes) is 2. The van der Waals surface area contributed by atoms with Crippen LogP contribution in [0, 0.1) is 19.5 Å².